The first-order valence-corrected chi connectivity index (χ1v) is 15.3. The van der Waals surface area contributed by atoms with Gasteiger partial charge in [-0.25, -0.2) is 8.42 Å². The summed E-state index contributed by atoms with van der Waals surface area (Å²) >= 11 is 0. The van der Waals surface area contributed by atoms with Crippen molar-refractivity contribution in [3.63, 3.8) is 0 Å². The second kappa shape index (κ2) is 11.5. The van der Waals surface area contributed by atoms with Crippen molar-refractivity contribution in [1.82, 2.24) is 0 Å². The highest BCUT2D eigenvalue weighted by Gasteiger charge is 2.32. The van der Waals surface area contributed by atoms with E-state index in [9.17, 15) is 13.2 Å². The van der Waals surface area contributed by atoms with E-state index in [0.717, 1.165) is 39.1 Å². The minimum absolute atomic E-state index is 0.0483. The van der Waals surface area contributed by atoms with Gasteiger partial charge in [-0.3, -0.25) is 4.79 Å². The van der Waals surface area contributed by atoms with Crippen molar-refractivity contribution in [2.75, 3.05) is 19.5 Å². The second-order valence-corrected chi connectivity index (χ2v) is 12.8. The first-order valence-electron chi connectivity index (χ1n) is 13.4. The van der Waals surface area contributed by atoms with E-state index in [-0.39, 0.29) is 18.4 Å². The Bertz CT molecular complexity index is 1490. The van der Waals surface area contributed by atoms with Crippen LogP contribution in [0, 0.1) is 13.8 Å². The Morgan fingerprint density at radius 2 is 1.77 bits per heavy atom. The second-order valence-electron chi connectivity index (χ2n) is 10.6. The Balaban J connectivity index is 1.22. The van der Waals surface area contributed by atoms with E-state index in [4.69, 9.17) is 24.1 Å². The highest BCUT2D eigenvalue weighted by Crippen LogP contribution is 2.38. The van der Waals surface area contributed by atoms with Crippen molar-refractivity contribution in [3.05, 3.63) is 76.9 Å². The molecule has 1 fully saturated rings. The van der Waals surface area contributed by atoms with Crippen LogP contribution in [-0.2, 0) is 26.0 Å². The fourth-order valence-corrected chi connectivity index (χ4v) is 6.40. The molecule has 3 aromatic carbocycles. The summed E-state index contributed by atoms with van der Waals surface area (Å²) in [5, 5.41) is 9.10. The first kappa shape index (κ1) is 28.0. The van der Waals surface area contributed by atoms with Crippen molar-refractivity contribution in [3.8, 4) is 28.4 Å². The molecule has 2 heterocycles. The lowest BCUT2D eigenvalue weighted by Gasteiger charge is -2.17. The highest BCUT2D eigenvalue weighted by molar-refractivity contribution is 7.91. The van der Waals surface area contributed by atoms with Crippen LogP contribution in [0.15, 0.2) is 54.6 Å². The number of sulfone groups is 1. The topological polar surface area (TPSA) is 108 Å². The van der Waals surface area contributed by atoms with Crippen LogP contribution < -0.4 is 14.2 Å². The zero-order valence-corrected chi connectivity index (χ0v) is 23.7. The Kier molecular flexibility index (Phi) is 8.05. The van der Waals surface area contributed by atoms with Crippen LogP contribution in [-0.4, -0.2) is 50.5 Å². The molecule has 9 heteroatoms. The van der Waals surface area contributed by atoms with E-state index in [1.807, 2.05) is 56.3 Å². The van der Waals surface area contributed by atoms with Crippen LogP contribution in [0.4, 0.5) is 0 Å². The van der Waals surface area contributed by atoms with E-state index in [1.54, 1.807) is 0 Å². The van der Waals surface area contributed by atoms with Gasteiger partial charge >= 0.3 is 5.97 Å². The van der Waals surface area contributed by atoms with Gasteiger partial charge in [-0.2, -0.15) is 0 Å². The third-order valence-electron chi connectivity index (χ3n) is 7.40. The van der Waals surface area contributed by atoms with Gasteiger partial charge in [0.1, 0.15) is 30.5 Å². The Morgan fingerprint density at radius 1 is 1.00 bits per heavy atom. The molecule has 3 atom stereocenters. The normalized spacial score (nSPS) is 20.1. The lowest BCUT2D eigenvalue weighted by atomic mass is 9.94. The molecule has 0 radical (unpaired) electrons. The van der Waals surface area contributed by atoms with Crippen molar-refractivity contribution >= 4 is 15.8 Å². The highest BCUT2D eigenvalue weighted by atomic mass is 32.2. The maximum Gasteiger partial charge on any atom is 0.304 e. The van der Waals surface area contributed by atoms with Gasteiger partial charge in [-0.05, 0) is 78.8 Å². The van der Waals surface area contributed by atoms with E-state index < -0.39 is 21.2 Å². The minimum Gasteiger partial charge on any atom is -0.492 e. The minimum atomic E-state index is -3.21. The van der Waals surface area contributed by atoms with Crippen molar-refractivity contribution < 1.29 is 37.3 Å². The fourth-order valence-electron chi connectivity index (χ4n) is 5.47. The van der Waals surface area contributed by atoms with Crippen molar-refractivity contribution in [2.45, 2.75) is 57.2 Å². The van der Waals surface area contributed by atoms with Crippen LogP contribution >= 0.6 is 0 Å². The van der Waals surface area contributed by atoms with E-state index >= 15 is 0 Å². The largest absolute Gasteiger partial charge is 0.492 e. The van der Waals surface area contributed by atoms with Gasteiger partial charge in [-0.1, -0.05) is 24.3 Å². The molecule has 0 saturated carbocycles. The molecule has 2 aliphatic rings. The molecule has 40 heavy (non-hydrogen) atoms. The number of ether oxygens (including phenoxy) is 4. The molecule has 0 spiro atoms. The average Bonchev–Trinajstić information content (AvgIpc) is 3.53. The molecule has 3 unspecified atom stereocenters. The predicted molar refractivity (Wildman–Crippen MR) is 151 cm³/mol. The zero-order chi connectivity index (χ0) is 28.4. The molecular formula is C31H34O8S. The van der Waals surface area contributed by atoms with E-state index in [2.05, 4.69) is 12.1 Å². The number of hydrogen-bond acceptors (Lipinski definition) is 7. The molecule has 8 nitrogen and oxygen atoms in total. The molecule has 1 N–H and O–H groups in total. The molecule has 0 aromatic heterocycles. The maximum atomic E-state index is 11.7. The number of carboxylic acid groups (broad SMARTS) is 1. The van der Waals surface area contributed by atoms with Gasteiger partial charge in [0.2, 0.25) is 0 Å². The number of aryl methyl sites for hydroxylation is 2. The van der Waals surface area contributed by atoms with Crippen molar-refractivity contribution in [2.24, 2.45) is 0 Å². The summed E-state index contributed by atoms with van der Waals surface area (Å²) < 4.78 is 46.9. The van der Waals surface area contributed by atoms with Gasteiger partial charge in [0.15, 0.2) is 15.3 Å². The van der Waals surface area contributed by atoms with Crippen LogP contribution in [0.3, 0.4) is 0 Å². The maximum absolute atomic E-state index is 11.7. The number of hydrogen-bond donors (Lipinski definition) is 1. The molecule has 2 aliphatic heterocycles. The number of aliphatic carboxylic acids is 1. The molecule has 0 bridgehead atoms. The number of fused-ring (bicyclic) bond motifs is 1. The average molecular weight is 567 g/mol. The molecule has 1 saturated heterocycles. The van der Waals surface area contributed by atoms with Crippen LogP contribution in [0.25, 0.3) is 11.1 Å². The fraction of sp³-hybridized carbons (Fsp3) is 0.387. The van der Waals surface area contributed by atoms with Crippen molar-refractivity contribution in [1.29, 1.82) is 0 Å². The summed E-state index contributed by atoms with van der Waals surface area (Å²) in [5.41, 5.74) is 5.52. The van der Waals surface area contributed by atoms with Gasteiger partial charge < -0.3 is 24.1 Å². The third kappa shape index (κ3) is 6.42. The number of carboxylic acids is 1. The lowest BCUT2D eigenvalue weighted by molar-refractivity contribution is -0.137. The summed E-state index contributed by atoms with van der Waals surface area (Å²) in [5.74, 6) is 1.11. The smallest absolute Gasteiger partial charge is 0.304 e. The van der Waals surface area contributed by atoms with Gasteiger partial charge in [-0.15, -0.1) is 0 Å². The van der Waals surface area contributed by atoms with E-state index in [0.29, 0.717) is 44.2 Å². The molecule has 212 valence electrons. The van der Waals surface area contributed by atoms with Crippen LogP contribution in [0.1, 0.15) is 47.4 Å². The Labute approximate surface area is 234 Å². The number of benzene rings is 3. The summed E-state index contributed by atoms with van der Waals surface area (Å²) in [6.07, 6.45) is 2.17. The monoisotopic (exact) mass is 566 g/mol. The summed E-state index contributed by atoms with van der Waals surface area (Å²) in [6.45, 7) is 5.15. The van der Waals surface area contributed by atoms with Gasteiger partial charge in [0.05, 0.1) is 19.1 Å². The number of rotatable bonds is 10. The van der Waals surface area contributed by atoms with E-state index in [1.165, 1.54) is 6.26 Å². The molecule has 3 aromatic rings. The summed E-state index contributed by atoms with van der Waals surface area (Å²) in [7, 11) is -3.21. The zero-order valence-electron chi connectivity index (χ0n) is 22.9. The predicted octanol–water partition coefficient (Wildman–Crippen LogP) is 5.43. The van der Waals surface area contributed by atoms with Gasteiger partial charge in [0.25, 0.3) is 0 Å². The quantitative estimate of drug-likeness (QED) is 0.346. The lowest BCUT2D eigenvalue weighted by Crippen LogP contribution is -2.23. The number of carbonyl (C=O) groups is 1. The Morgan fingerprint density at radius 3 is 2.48 bits per heavy atom. The van der Waals surface area contributed by atoms with Crippen LogP contribution in [0.2, 0.25) is 0 Å². The molecule has 0 aliphatic carbocycles. The summed E-state index contributed by atoms with van der Waals surface area (Å²) in [4.78, 5) is 11.1. The Hall–Kier alpha value is -3.56. The molecular weight excluding hydrogens is 532 g/mol. The van der Waals surface area contributed by atoms with Crippen LogP contribution in [0.5, 0.6) is 17.2 Å². The standard InChI is InChI=1S/C31H34O8S/c1-19-11-26(37-18-25-8-10-30(39-25)40(3,34)35)12-20(2)31(19)22-6-4-5-21(13-22)16-36-24-7-9-27-23(14-29(32)33)17-38-28(27)15-24/h4-7,9,11-13,15,23,25,30H,8,10,14,16-18H2,1-3H3,(H,32,33). The third-order valence-corrected chi connectivity index (χ3v) is 8.70. The SMILES string of the molecule is Cc1cc(OCC2CCC(S(C)(=O)=O)O2)cc(C)c1-c1cccc(COc2ccc3c(c2)OCC3CC(=O)O)c1. The molecule has 0 amide bonds. The van der Waals surface area contributed by atoms with Gasteiger partial charge in [0, 0.05) is 23.8 Å². The molecule has 5 rings (SSSR count). The summed E-state index contributed by atoms with van der Waals surface area (Å²) in [6, 6.07) is 17.8. The first-order chi connectivity index (χ1) is 19.1.